The zero-order chi connectivity index (χ0) is 2.71. The van der Waals surface area contributed by atoms with Crippen LogP contribution >= 0.6 is 0 Å². The van der Waals surface area contributed by atoms with Gasteiger partial charge in [0.15, 0.2) is 0 Å². The molecule has 0 radical (unpaired) electrons. The molecule has 0 spiro atoms. The third kappa shape index (κ3) is 24.6. The summed E-state index contributed by atoms with van der Waals surface area (Å²) < 4.78 is 0. The maximum absolute atomic E-state index is 6.88. The van der Waals surface area contributed by atoms with Crippen LogP contribution in [0.2, 0.25) is 0 Å². The summed E-state index contributed by atoms with van der Waals surface area (Å²) in [6.45, 7) is 0. The Morgan fingerprint density at radius 1 is 1.60 bits per heavy atom. The van der Waals surface area contributed by atoms with Crippen LogP contribution in [0.5, 0.6) is 0 Å². The number of nitrogens with zero attached hydrogens (tertiary/aromatic N) is 1. The van der Waals surface area contributed by atoms with Crippen LogP contribution < -0.4 is 0 Å². The summed E-state index contributed by atoms with van der Waals surface area (Å²) in [6, 6.07) is 0. The molecule has 0 atom stereocenters. The van der Waals surface area contributed by atoms with E-state index in [1.165, 1.54) is 0 Å². The summed E-state index contributed by atoms with van der Waals surface area (Å²) in [7, 11) is 0. The fraction of sp³-hybridized carbons (Fsp3) is 0. The molecular weight excluding hydrogens is 104 g/mol. The minimum absolute atomic E-state index is 0. The molecule has 0 saturated heterocycles. The number of rotatable bonds is 0. The van der Waals surface area contributed by atoms with Gasteiger partial charge in [0.2, 0.25) is 0 Å². The van der Waals surface area contributed by atoms with Gasteiger partial charge in [-0.1, -0.05) is 0 Å². The Hall–Kier alpha value is 1.93. The SMILES string of the molecule is N#CO.[KH].[NaH]. The van der Waals surface area contributed by atoms with E-state index in [1.54, 1.807) is 0 Å². The maximum atomic E-state index is 6.88. The van der Waals surface area contributed by atoms with Crippen LogP contribution in [-0.2, 0) is 0 Å². The van der Waals surface area contributed by atoms with E-state index < -0.39 is 0 Å². The molecule has 0 amide bonds. The second kappa shape index (κ2) is 16.8. The van der Waals surface area contributed by atoms with Crippen LogP contribution in [0.4, 0.5) is 0 Å². The van der Waals surface area contributed by atoms with E-state index >= 15 is 0 Å². The van der Waals surface area contributed by atoms with Crippen LogP contribution in [0, 0.1) is 11.5 Å². The Labute approximate surface area is 95.3 Å². The first-order valence-electron chi connectivity index (χ1n) is 0.447. The topological polar surface area (TPSA) is 44.0 Å². The van der Waals surface area contributed by atoms with Crippen molar-refractivity contribution in [2.75, 3.05) is 0 Å². The Kier molecular flexibility index (Phi) is 53.0. The summed E-state index contributed by atoms with van der Waals surface area (Å²) >= 11 is 0. The van der Waals surface area contributed by atoms with Gasteiger partial charge in [-0.2, -0.15) is 5.26 Å². The van der Waals surface area contributed by atoms with Gasteiger partial charge in [0.25, 0.3) is 6.26 Å². The third-order valence-electron chi connectivity index (χ3n) is 0. The van der Waals surface area contributed by atoms with Crippen molar-refractivity contribution in [3.63, 3.8) is 0 Å². The van der Waals surface area contributed by atoms with Crippen molar-refractivity contribution in [2.24, 2.45) is 0 Å². The van der Waals surface area contributed by atoms with Crippen molar-refractivity contribution in [2.45, 2.75) is 0 Å². The van der Waals surface area contributed by atoms with Crippen LogP contribution in [0.15, 0.2) is 0 Å². The van der Waals surface area contributed by atoms with Crippen LogP contribution in [0.3, 0.4) is 0 Å². The number of aliphatic hydroxyl groups is 1. The Morgan fingerprint density at radius 3 is 1.60 bits per heavy atom. The molecule has 5 heavy (non-hydrogen) atoms. The normalized spacial score (nSPS) is 1.40. The first-order chi connectivity index (χ1) is 1.41. The number of aliphatic hydroxyl groups excluding tert-OH is 1. The van der Waals surface area contributed by atoms with E-state index in [2.05, 4.69) is 0 Å². The number of nitriles is 1. The average Bonchev–Trinajstić information content (AvgIpc) is 0.918. The van der Waals surface area contributed by atoms with Gasteiger partial charge < -0.3 is 5.11 Å². The molecule has 4 heteroatoms. The molecule has 0 aromatic carbocycles. The standard InChI is InChI=1S/CHNO.K.Na.2H/c2-1-3;;;;/h3H;;;;. The van der Waals surface area contributed by atoms with E-state index in [0.29, 0.717) is 0 Å². The van der Waals surface area contributed by atoms with Crippen molar-refractivity contribution >= 4 is 80.9 Å². The zero-order valence-corrected chi connectivity index (χ0v) is 1.39. The van der Waals surface area contributed by atoms with Gasteiger partial charge >= 0.3 is 80.9 Å². The summed E-state index contributed by atoms with van der Waals surface area (Å²) in [5.41, 5.74) is 0. The van der Waals surface area contributed by atoms with Crippen molar-refractivity contribution in [3.05, 3.63) is 0 Å². The van der Waals surface area contributed by atoms with E-state index in [1.807, 2.05) is 0 Å². The molecule has 1 N–H and O–H groups in total. The van der Waals surface area contributed by atoms with E-state index in [-0.39, 0.29) is 80.9 Å². The Morgan fingerprint density at radius 2 is 1.60 bits per heavy atom. The molecule has 0 fully saturated rings. The van der Waals surface area contributed by atoms with Gasteiger partial charge in [-0.05, 0) is 0 Å². The zero-order valence-electron chi connectivity index (χ0n) is 1.39. The second-order valence-electron chi connectivity index (χ2n) is 0.100. The fourth-order valence-corrected chi connectivity index (χ4v) is 0. The Balaban J connectivity index is -0.0000000200. The average molecular weight is 107 g/mol. The molecule has 0 saturated carbocycles. The summed E-state index contributed by atoms with van der Waals surface area (Å²) in [4.78, 5) is 0. The van der Waals surface area contributed by atoms with Gasteiger partial charge in [-0.3, -0.25) is 0 Å². The summed E-state index contributed by atoms with van der Waals surface area (Å²) in [6.07, 6.45) is 0.750. The van der Waals surface area contributed by atoms with Crippen molar-refractivity contribution in [1.82, 2.24) is 0 Å². The first kappa shape index (κ1) is 15.8. The van der Waals surface area contributed by atoms with Crippen LogP contribution in [0.25, 0.3) is 0 Å². The Bertz CT molecular complexity index is 33.1. The minimum atomic E-state index is 0. The molecule has 0 bridgehead atoms. The van der Waals surface area contributed by atoms with E-state index in [9.17, 15) is 0 Å². The molecule has 0 unspecified atom stereocenters. The quantitative estimate of drug-likeness (QED) is 0.304. The van der Waals surface area contributed by atoms with Crippen molar-refractivity contribution < 1.29 is 5.11 Å². The molecule has 0 aliphatic carbocycles. The number of hydrogen-bond acceptors (Lipinski definition) is 2. The van der Waals surface area contributed by atoms with Crippen LogP contribution in [-0.4, -0.2) is 86.0 Å². The first-order valence-corrected chi connectivity index (χ1v) is 0.447. The second-order valence-corrected chi connectivity index (χ2v) is 0.100. The van der Waals surface area contributed by atoms with Gasteiger partial charge in [0, 0.05) is 0 Å². The summed E-state index contributed by atoms with van der Waals surface area (Å²) in [5.74, 6) is 0. The monoisotopic (exact) mass is 107 g/mol. The molecule has 0 heterocycles. The molecule has 0 aliphatic rings. The van der Waals surface area contributed by atoms with Gasteiger partial charge in [0.1, 0.15) is 0 Å². The predicted molar refractivity (Wildman–Crippen MR) is 21.8 cm³/mol. The van der Waals surface area contributed by atoms with E-state index in [0.717, 1.165) is 6.26 Å². The molecule has 0 aliphatic heterocycles. The summed E-state index contributed by atoms with van der Waals surface area (Å²) in [5, 5.41) is 13.8. The van der Waals surface area contributed by atoms with Gasteiger partial charge in [0.05, 0.1) is 0 Å². The molecule has 2 nitrogen and oxygen atoms in total. The molecular formula is CH3KNNaO. The van der Waals surface area contributed by atoms with Gasteiger partial charge in [-0.25, -0.2) is 0 Å². The van der Waals surface area contributed by atoms with Gasteiger partial charge in [-0.15, -0.1) is 0 Å². The molecule has 20 valence electrons. The molecule has 0 aromatic heterocycles. The fourth-order valence-electron chi connectivity index (χ4n) is 0. The van der Waals surface area contributed by atoms with Crippen molar-refractivity contribution in [1.29, 1.82) is 5.26 Å². The number of hydrogen-bond donors (Lipinski definition) is 1. The van der Waals surface area contributed by atoms with Crippen molar-refractivity contribution in [3.8, 4) is 6.26 Å². The predicted octanol–water partition coefficient (Wildman–Crippen LogP) is -1.46. The third-order valence-corrected chi connectivity index (χ3v) is 0. The van der Waals surface area contributed by atoms with Crippen LogP contribution in [0.1, 0.15) is 0 Å². The molecule has 0 rings (SSSR count). The molecule has 0 aromatic rings. The van der Waals surface area contributed by atoms with E-state index in [4.69, 9.17) is 10.4 Å².